The summed E-state index contributed by atoms with van der Waals surface area (Å²) in [5.41, 5.74) is 2.08. The molecule has 0 spiro atoms. The van der Waals surface area contributed by atoms with Gasteiger partial charge in [0.05, 0.1) is 0 Å². The van der Waals surface area contributed by atoms with E-state index in [1.54, 1.807) is 42.5 Å². The molecule has 0 aliphatic rings. The highest BCUT2D eigenvalue weighted by Gasteiger charge is 2.09. The summed E-state index contributed by atoms with van der Waals surface area (Å²) in [4.78, 5) is 23.8. The molecule has 2 aromatic carbocycles. The molecular weight excluding hydrogens is 340 g/mol. The number of hydrogen-bond acceptors (Lipinski definition) is 3. The molecule has 0 bridgehead atoms. The van der Waals surface area contributed by atoms with E-state index in [4.69, 9.17) is 16.3 Å². The SMILES string of the molecule is Cc1cc(Cl)ccc1OCC(=O)Nc1cccc(NC(=O)C(C)C)c1. The second-order valence-electron chi connectivity index (χ2n) is 5.97. The summed E-state index contributed by atoms with van der Waals surface area (Å²) in [6.45, 7) is 5.37. The Labute approximate surface area is 152 Å². The predicted octanol–water partition coefficient (Wildman–Crippen LogP) is 4.26. The molecule has 6 heteroatoms. The Kier molecular flexibility index (Phi) is 6.42. The van der Waals surface area contributed by atoms with Gasteiger partial charge in [-0.1, -0.05) is 31.5 Å². The molecule has 0 unspecified atom stereocenters. The van der Waals surface area contributed by atoms with Gasteiger partial charge in [0, 0.05) is 22.3 Å². The minimum atomic E-state index is -0.290. The number of anilines is 2. The number of halogens is 1. The number of benzene rings is 2. The van der Waals surface area contributed by atoms with Gasteiger partial charge in [-0.3, -0.25) is 9.59 Å². The van der Waals surface area contributed by atoms with Crippen molar-refractivity contribution < 1.29 is 14.3 Å². The van der Waals surface area contributed by atoms with E-state index in [0.29, 0.717) is 22.1 Å². The quantitative estimate of drug-likeness (QED) is 0.808. The first kappa shape index (κ1) is 18.8. The number of carbonyl (C=O) groups is 2. The third-order valence-electron chi connectivity index (χ3n) is 3.43. The molecule has 5 nitrogen and oxygen atoms in total. The topological polar surface area (TPSA) is 67.4 Å². The zero-order chi connectivity index (χ0) is 18.4. The van der Waals surface area contributed by atoms with Gasteiger partial charge >= 0.3 is 0 Å². The van der Waals surface area contributed by atoms with Gasteiger partial charge < -0.3 is 15.4 Å². The third kappa shape index (κ3) is 5.80. The van der Waals surface area contributed by atoms with E-state index in [1.807, 2.05) is 20.8 Å². The lowest BCUT2D eigenvalue weighted by atomic mass is 10.2. The van der Waals surface area contributed by atoms with Crippen molar-refractivity contribution in [2.24, 2.45) is 5.92 Å². The largest absolute Gasteiger partial charge is 0.483 e. The first-order valence-electron chi connectivity index (χ1n) is 7.95. The number of hydrogen-bond donors (Lipinski definition) is 2. The molecule has 0 fully saturated rings. The molecule has 0 atom stereocenters. The Balaban J connectivity index is 1.93. The van der Waals surface area contributed by atoms with Gasteiger partial charge in [-0.2, -0.15) is 0 Å². The van der Waals surface area contributed by atoms with Gasteiger partial charge in [0.1, 0.15) is 5.75 Å². The van der Waals surface area contributed by atoms with E-state index in [9.17, 15) is 9.59 Å². The predicted molar refractivity (Wildman–Crippen MR) is 100 cm³/mol. The maximum atomic E-state index is 12.1. The number of aryl methyl sites for hydroxylation is 1. The van der Waals surface area contributed by atoms with Crippen LogP contribution in [0.15, 0.2) is 42.5 Å². The molecule has 2 aromatic rings. The van der Waals surface area contributed by atoms with Gasteiger partial charge in [0.15, 0.2) is 6.61 Å². The van der Waals surface area contributed by atoms with Crippen molar-refractivity contribution >= 4 is 34.8 Å². The molecule has 0 aliphatic heterocycles. The van der Waals surface area contributed by atoms with Crippen molar-refractivity contribution in [3.63, 3.8) is 0 Å². The zero-order valence-corrected chi connectivity index (χ0v) is 15.2. The van der Waals surface area contributed by atoms with Gasteiger partial charge in [-0.05, 0) is 48.9 Å². The zero-order valence-electron chi connectivity index (χ0n) is 14.4. The molecule has 0 aromatic heterocycles. The Morgan fingerprint density at radius 1 is 1.08 bits per heavy atom. The lowest BCUT2D eigenvalue weighted by Gasteiger charge is -2.11. The highest BCUT2D eigenvalue weighted by atomic mass is 35.5. The van der Waals surface area contributed by atoms with Crippen molar-refractivity contribution in [1.82, 2.24) is 0 Å². The Bertz CT molecular complexity index is 775. The van der Waals surface area contributed by atoms with Crippen LogP contribution in [0.4, 0.5) is 11.4 Å². The van der Waals surface area contributed by atoms with Crippen LogP contribution in [0.1, 0.15) is 19.4 Å². The van der Waals surface area contributed by atoms with Crippen molar-refractivity contribution in [3.05, 3.63) is 53.1 Å². The number of rotatable bonds is 6. The minimum Gasteiger partial charge on any atom is -0.483 e. The lowest BCUT2D eigenvalue weighted by molar-refractivity contribution is -0.119. The molecule has 0 saturated carbocycles. The molecule has 0 heterocycles. The number of nitrogens with one attached hydrogen (secondary N) is 2. The van der Waals surface area contributed by atoms with Crippen LogP contribution < -0.4 is 15.4 Å². The first-order chi connectivity index (χ1) is 11.8. The highest BCUT2D eigenvalue weighted by Crippen LogP contribution is 2.22. The molecule has 2 N–H and O–H groups in total. The fourth-order valence-electron chi connectivity index (χ4n) is 2.08. The van der Waals surface area contributed by atoms with Crippen LogP contribution in [-0.4, -0.2) is 18.4 Å². The van der Waals surface area contributed by atoms with Gasteiger partial charge in [-0.25, -0.2) is 0 Å². The normalized spacial score (nSPS) is 10.4. The molecule has 2 rings (SSSR count). The van der Waals surface area contributed by atoms with Crippen molar-refractivity contribution in [3.8, 4) is 5.75 Å². The molecule has 0 radical (unpaired) electrons. The summed E-state index contributed by atoms with van der Waals surface area (Å²) in [7, 11) is 0. The minimum absolute atomic E-state index is 0.0787. The van der Waals surface area contributed by atoms with Gasteiger partial charge in [0.25, 0.3) is 5.91 Å². The number of ether oxygens (including phenoxy) is 1. The summed E-state index contributed by atoms with van der Waals surface area (Å²) in [5, 5.41) is 6.16. The van der Waals surface area contributed by atoms with E-state index < -0.39 is 0 Å². The monoisotopic (exact) mass is 360 g/mol. The third-order valence-corrected chi connectivity index (χ3v) is 3.67. The van der Waals surface area contributed by atoms with Crippen LogP contribution in [0.3, 0.4) is 0 Å². The molecular formula is C19H21ClN2O3. The van der Waals surface area contributed by atoms with E-state index in [2.05, 4.69) is 10.6 Å². The van der Waals surface area contributed by atoms with Gasteiger partial charge in [0.2, 0.25) is 5.91 Å². The molecule has 0 aliphatic carbocycles. The average molecular weight is 361 g/mol. The Morgan fingerprint density at radius 3 is 2.40 bits per heavy atom. The molecule has 132 valence electrons. The van der Waals surface area contributed by atoms with E-state index >= 15 is 0 Å². The van der Waals surface area contributed by atoms with Crippen LogP contribution in [0.5, 0.6) is 5.75 Å². The molecule has 25 heavy (non-hydrogen) atoms. The molecule has 0 saturated heterocycles. The fourth-order valence-corrected chi connectivity index (χ4v) is 2.30. The second-order valence-corrected chi connectivity index (χ2v) is 6.41. The second kappa shape index (κ2) is 8.53. The smallest absolute Gasteiger partial charge is 0.262 e. The number of amides is 2. The Hall–Kier alpha value is -2.53. The van der Waals surface area contributed by atoms with Gasteiger partial charge in [-0.15, -0.1) is 0 Å². The standard InChI is InChI=1S/C19H21ClN2O3/c1-12(2)19(24)22-16-6-4-5-15(10-16)21-18(23)11-25-17-8-7-14(20)9-13(17)3/h4-10,12H,11H2,1-3H3,(H,21,23)(H,22,24). The van der Waals surface area contributed by atoms with Crippen LogP contribution >= 0.6 is 11.6 Å². The Morgan fingerprint density at radius 2 is 1.76 bits per heavy atom. The van der Waals surface area contributed by atoms with Crippen molar-refractivity contribution in [1.29, 1.82) is 0 Å². The number of carbonyl (C=O) groups excluding carboxylic acids is 2. The maximum Gasteiger partial charge on any atom is 0.262 e. The summed E-state index contributed by atoms with van der Waals surface area (Å²) in [6, 6.07) is 12.2. The summed E-state index contributed by atoms with van der Waals surface area (Å²) < 4.78 is 5.51. The van der Waals surface area contributed by atoms with E-state index in [-0.39, 0.29) is 24.3 Å². The summed E-state index contributed by atoms with van der Waals surface area (Å²) >= 11 is 5.89. The van der Waals surface area contributed by atoms with Crippen LogP contribution in [0.25, 0.3) is 0 Å². The van der Waals surface area contributed by atoms with Crippen LogP contribution in [0, 0.1) is 12.8 Å². The average Bonchev–Trinajstić information content (AvgIpc) is 2.54. The maximum absolute atomic E-state index is 12.1. The van der Waals surface area contributed by atoms with Crippen molar-refractivity contribution in [2.75, 3.05) is 17.2 Å². The van der Waals surface area contributed by atoms with Crippen LogP contribution in [-0.2, 0) is 9.59 Å². The van der Waals surface area contributed by atoms with Crippen LogP contribution in [0.2, 0.25) is 5.02 Å². The summed E-state index contributed by atoms with van der Waals surface area (Å²) in [5.74, 6) is 0.124. The van der Waals surface area contributed by atoms with E-state index in [0.717, 1.165) is 5.56 Å². The lowest BCUT2D eigenvalue weighted by Crippen LogP contribution is -2.21. The van der Waals surface area contributed by atoms with E-state index in [1.165, 1.54) is 0 Å². The summed E-state index contributed by atoms with van der Waals surface area (Å²) in [6.07, 6.45) is 0. The fraction of sp³-hybridized carbons (Fsp3) is 0.263. The van der Waals surface area contributed by atoms with Crippen molar-refractivity contribution in [2.45, 2.75) is 20.8 Å². The molecule has 2 amide bonds. The first-order valence-corrected chi connectivity index (χ1v) is 8.32. The highest BCUT2D eigenvalue weighted by molar-refractivity contribution is 6.30.